The van der Waals surface area contributed by atoms with Gasteiger partial charge in [0.1, 0.15) is 0 Å². The summed E-state index contributed by atoms with van der Waals surface area (Å²) in [6.45, 7) is 7.57. The van der Waals surface area contributed by atoms with Crippen molar-refractivity contribution in [3.05, 3.63) is 18.2 Å². The van der Waals surface area contributed by atoms with Gasteiger partial charge >= 0.3 is 0 Å². The van der Waals surface area contributed by atoms with E-state index in [0.29, 0.717) is 12.0 Å². The maximum Gasteiger partial charge on any atom is 0.0946 e. The van der Waals surface area contributed by atoms with Gasteiger partial charge in [-0.2, -0.15) is 0 Å². The lowest BCUT2D eigenvalue weighted by Crippen LogP contribution is -2.27. The third-order valence-electron chi connectivity index (χ3n) is 2.26. The number of imidazole rings is 1. The first-order chi connectivity index (χ1) is 6.16. The van der Waals surface area contributed by atoms with Crippen LogP contribution in [0.4, 0.5) is 0 Å². The lowest BCUT2D eigenvalue weighted by atomic mass is 10.0. The first kappa shape index (κ1) is 10.3. The average molecular weight is 181 g/mol. The number of nitrogens with zero attached hydrogens (tertiary/aromatic N) is 2. The van der Waals surface area contributed by atoms with Crippen molar-refractivity contribution in [3.8, 4) is 0 Å². The van der Waals surface area contributed by atoms with Crippen molar-refractivity contribution in [1.29, 1.82) is 0 Å². The van der Waals surface area contributed by atoms with Crippen LogP contribution in [0.25, 0.3) is 0 Å². The Bertz CT molecular complexity index is 252. The van der Waals surface area contributed by atoms with E-state index in [4.69, 9.17) is 0 Å². The molecule has 0 saturated carbocycles. The van der Waals surface area contributed by atoms with Crippen molar-refractivity contribution < 1.29 is 0 Å². The van der Waals surface area contributed by atoms with Gasteiger partial charge in [0, 0.05) is 13.2 Å². The maximum absolute atomic E-state index is 4.13. The first-order valence-corrected chi connectivity index (χ1v) is 4.86. The number of aromatic nitrogens is 2. The molecule has 1 aromatic rings. The molecule has 0 aromatic carbocycles. The molecule has 1 unspecified atom stereocenters. The van der Waals surface area contributed by atoms with Gasteiger partial charge in [0.25, 0.3) is 0 Å². The van der Waals surface area contributed by atoms with Gasteiger partial charge in [-0.3, -0.25) is 0 Å². The van der Waals surface area contributed by atoms with E-state index in [2.05, 4.69) is 35.6 Å². The summed E-state index contributed by atoms with van der Waals surface area (Å²) in [5, 5.41) is 3.46. The smallest absolute Gasteiger partial charge is 0.0946 e. The summed E-state index contributed by atoms with van der Waals surface area (Å²) >= 11 is 0. The zero-order valence-electron chi connectivity index (χ0n) is 8.91. The molecule has 0 aliphatic carbocycles. The average Bonchev–Trinajstić information content (AvgIpc) is 2.47. The van der Waals surface area contributed by atoms with Gasteiger partial charge in [0.05, 0.1) is 18.1 Å². The topological polar surface area (TPSA) is 29.9 Å². The third-order valence-corrected chi connectivity index (χ3v) is 2.26. The molecule has 1 rings (SSSR count). The van der Waals surface area contributed by atoms with Crippen molar-refractivity contribution in [3.63, 3.8) is 0 Å². The van der Waals surface area contributed by atoms with Crippen LogP contribution < -0.4 is 5.32 Å². The minimum Gasteiger partial charge on any atom is -0.336 e. The zero-order valence-corrected chi connectivity index (χ0v) is 8.91. The molecule has 0 aliphatic heterocycles. The lowest BCUT2D eigenvalue weighted by molar-refractivity contribution is 0.404. The Balaban J connectivity index is 2.82. The Kier molecular flexibility index (Phi) is 3.48. The largest absolute Gasteiger partial charge is 0.336 e. The summed E-state index contributed by atoms with van der Waals surface area (Å²) in [7, 11) is 2.04. The van der Waals surface area contributed by atoms with Crippen LogP contribution in [-0.4, -0.2) is 16.1 Å². The number of nitrogens with one attached hydrogen (secondary N) is 1. The summed E-state index contributed by atoms with van der Waals surface area (Å²) in [5.41, 5.74) is 1.26. The van der Waals surface area contributed by atoms with E-state index in [1.807, 2.05) is 19.6 Å². The van der Waals surface area contributed by atoms with Crippen molar-refractivity contribution in [2.45, 2.75) is 26.8 Å². The number of hydrogen-bond acceptors (Lipinski definition) is 2. The molecule has 0 spiro atoms. The molecule has 0 bridgehead atoms. The number of hydrogen-bond donors (Lipinski definition) is 1. The predicted molar refractivity (Wildman–Crippen MR) is 54.5 cm³/mol. The van der Waals surface area contributed by atoms with Gasteiger partial charge in [0.2, 0.25) is 0 Å². The van der Waals surface area contributed by atoms with Crippen LogP contribution in [0.5, 0.6) is 0 Å². The standard InChI is InChI=1S/C10H19N3/c1-5-12-10(8(2)3)9-6-11-7-13(9)4/h6-8,10,12H,5H2,1-4H3. The SMILES string of the molecule is CCNC(c1cncn1C)C(C)C. The molecule has 0 saturated heterocycles. The number of aryl methyl sites for hydroxylation is 1. The molecular weight excluding hydrogens is 162 g/mol. The summed E-state index contributed by atoms with van der Waals surface area (Å²) in [6, 6.07) is 0.414. The van der Waals surface area contributed by atoms with Crippen LogP contribution in [0.2, 0.25) is 0 Å². The Morgan fingerprint density at radius 3 is 2.62 bits per heavy atom. The van der Waals surface area contributed by atoms with E-state index in [0.717, 1.165) is 6.54 Å². The van der Waals surface area contributed by atoms with E-state index in [1.54, 1.807) is 0 Å². The molecule has 0 fully saturated rings. The minimum atomic E-state index is 0.414. The summed E-state index contributed by atoms with van der Waals surface area (Å²) in [4.78, 5) is 4.13. The van der Waals surface area contributed by atoms with Crippen molar-refractivity contribution >= 4 is 0 Å². The Morgan fingerprint density at radius 1 is 1.54 bits per heavy atom. The quantitative estimate of drug-likeness (QED) is 0.766. The second kappa shape index (κ2) is 4.42. The molecule has 0 aliphatic rings. The van der Waals surface area contributed by atoms with E-state index in [-0.39, 0.29) is 0 Å². The fraction of sp³-hybridized carbons (Fsp3) is 0.700. The van der Waals surface area contributed by atoms with E-state index in [1.165, 1.54) is 5.69 Å². The molecule has 3 heteroatoms. The predicted octanol–water partition coefficient (Wildman–Crippen LogP) is 1.73. The van der Waals surface area contributed by atoms with Crippen LogP contribution in [-0.2, 0) is 7.05 Å². The van der Waals surface area contributed by atoms with Crippen LogP contribution in [0.15, 0.2) is 12.5 Å². The van der Waals surface area contributed by atoms with Crippen LogP contribution in [0.3, 0.4) is 0 Å². The van der Waals surface area contributed by atoms with Crippen LogP contribution in [0.1, 0.15) is 32.5 Å². The fourth-order valence-corrected chi connectivity index (χ4v) is 1.57. The molecule has 1 N–H and O–H groups in total. The van der Waals surface area contributed by atoms with Gasteiger partial charge in [-0.15, -0.1) is 0 Å². The minimum absolute atomic E-state index is 0.414. The second-order valence-corrected chi connectivity index (χ2v) is 3.71. The molecule has 74 valence electrons. The van der Waals surface area contributed by atoms with Gasteiger partial charge in [-0.05, 0) is 12.5 Å². The zero-order chi connectivity index (χ0) is 9.84. The normalized spacial score (nSPS) is 13.6. The van der Waals surface area contributed by atoms with Crippen molar-refractivity contribution in [2.75, 3.05) is 6.54 Å². The summed E-state index contributed by atoms with van der Waals surface area (Å²) in [5.74, 6) is 0.593. The summed E-state index contributed by atoms with van der Waals surface area (Å²) in [6.07, 6.45) is 3.79. The highest BCUT2D eigenvalue weighted by Crippen LogP contribution is 2.20. The second-order valence-electron chi connectivity index (χ2n) is 3.71. The van der Waals surface area contributed by atoms with Crippen molar-refractivity contribution in [2.24, 2.45) is 13.0 Å². The van der Waals surface area contributed by atoms with Crippen LogP contribution >= 0.6 is 0 Å². The Hall–Kier alpha value is -0.830. The van der Waals surface area contributed by atoms with Gasteiger partial charge in [-0.25, -0.2) is 4.98 Å². The molecule has 0 radical (unpaired) electrons. The van der Waals surface area contributed by atoms with E-state index < -0.39 is 0 Å². The van der Waals surface area contributed by atoms with Gasteiger partial charge in [0.15, 0.2) is 0 Å². The maximum atomic E-state index is 4.13. The Morgan fingerprint density at radius 2 is 2.23 bits per heavy atom. The van der Waals surface area contributed by atoms with E-state index >= 15 is 0 Å². The first-order valence-electron chi connectivity index (χ1n) is 4.86. The molecule has 13 heavy (non-hydrogen) atoms. The fourth-order valence-electron chi connectivity index (χ4n) is 1.57. The molecule has 1 aromatic heterocycles. The molecule has 0 amide bonds. The highest BCUT2D eigenvalue weighted by molar-refractivity contribution is 5.05. The molecule has 1 atom stereocenters. The third kappa shape index (κ3) is 2.31. The highest BCUT2D eigenvalue weighted by atomic mass is 15.1. The molecular formula is C10H19N3. The van der Waals surface area contributed by atoms with Crippen LogP contribution in [0, 0.1) is 5.92 Å². The lowest BCUT2D eigenvalue weighted by Gasteiger charge is -2.21. The Labute approximate surface area is 80.2 Å². The highest BCUT2D eigenvalue weighted by Gasteiger charge is 2.16. The summed E-state index contributed by atoms with van der Waals surface area (Å²) < 4.78 is 2.08. The number of rotatable bonds is 4. The molecule has 3 nitrogen and oxygen atoms in total. The van der Waals surface area contributed by atoms with Gasteiger partial charge in [-0.1, -0.05) is 20.8 Å². The van der Waals surface area contributed by atoms with Crippen molar-refractivity contribution in [1.82, 2.24) is 14.9 Å². The van der Waals surface area contributed by atoms with Gasteiger partial charge < -0.3 is 9.88 Å². The molecule has 1 heterocycles. The van der Waals surface area contributed by atoms with E-state index in [9.17, 15) is 0 Å². The monoisotopic (exact) mass is 181 g/mol.